The van der Waals surface area contributed by atoms with Crippen molar-refractivity contribution in [3.8, 4) is 17.1 Å². The number of para-hydroxylation sites is 1. The number of rotatable bonds is 6. The molecule has 6 nitrogen and oxygen atoms in total. The maximum atomic E-state index is 11.9. The van der Waals surface area contributed by atoms with E-state index in [1.807, 2.05) is 55.5 Å². The van der Waals surface area contributed by atoms with Crippen LogP contribution in [0.4, 0.5) is 0 Å². The molecule has 0 bridgehead atoms. The van der Waals surface area contributed by atoms with Crippen molar-refractivity contribution in [3.63, 3.8) is 0 Å². The Labute approximate surface area is 151 Å². The van der Waals surface area contributed by atoms with Gasteiger partial charge in [0.05, 0.1) is 12.7 Å². The van der Waals surface area contributed by atoms with Crippen molar-refractivity contribution < 1.29 is 18.8 Å². The van der Waals surface area contributed by atoms with Crippen LogP contribution in [0.5, 0.6) is 5.75 Å². The predicted octanol–water partition coefficient (Wildman–Crippen LogP) is 3.81. The third-order valence-corrected chi connectivity index (χ3v) is 3.74. The highest BCUT2D eigenvalue weighted by atomic mass is 16.6. The zero-order valence-corrected chi connectivity index (χ0v) is 14.5. The lowest BCUT2D eigenvalue weighted by Crippen LogP contribution is -2.01. The second-order valence-electron chi connectivity index (χ2n) is 5.51. The van der Waals surface area contributed by atoms with Gasteiger partial charge in [0.2, 0.25) is 5.82 Å². The smallest absolute Gasteiger partial charge is 0.331 e. The first-order valence-corrected chi connectivity index (χ1v) is 8.04. The van der Waals surface area contributed by atoms with Gasteiger partial charge in [0.25, 0.3) is 5.89 Å². The van der Waals surface area contributed by atoms with E-state index in [0.717, 1.165) is 11.1 Å². The molecule has 0 aliphatic heterocycles. The van der Waals surface area contributed by atoms with Crippen LogP contribution in [0, 0.1) is 6.92 Å². The monoisotopic (exact) mass is 350 g/mol. The van der Waals surface area contributed by atoms with Crippen LogP contribution in [0.25, 0.3) is 17.5 Å². The molecule has 0 aliphatic rings. The first-order chi connectivity index (χ1) is 12.7. The minimum Gasteiger partial charge on any atom is -0.496 e. The molecule has 0 radical (unpaired) electrons. The normalized spacial score (nSPS) is 10.8. The molecular weight excluding hydrogens is 332 g/mol. The van der Waals surface area contributed by atoms with E-state index in [1.165, 1.54) is 6.08 Å². The van der Waals surface area contributed by atoms with Crippen molar-refractivity contribution in [3.05, 3.63) is 71.6 Å². The molecule has 0 fully saturated rings. The Bertz CT molecular complexity index is 931. The van der Waals surface area contributed by atoms with Crippen LogP contribution in [0.15, 0.2) is 59.1 Å². The van der Waals surface area contributed by atoms with Crippen molar-refractivity contribution in [1.29, 1.82) is 0 Å². The Morgan fingerprint density at radius 2 is 1.92 bits per heavy atom. The largest absolute Gasteiger partial charge is 0.496 e. The molecular formula is C20H18N2O4. The second-order valence-corrected chi connectivity index (χ2v) is 5.51. The summed E-state index contributed by atoms with van der Waals surface area (Å²) in [6, 6.07) is 15.1. The fraction of sp³-hybridized carbons (Fsp3) is 0.150. The number of aromatic nitrogens is 2. The summed E-state index contributed by atoms with van der Waals surface area (Å²) in [7, 11) is 1.57. The van der Waals surface area contributed by atoms with Crippen LogP contribution in [-0.4, -0.2) is 23.2 Å². The highest BCUT2D eigenvalue weighted by molar-refractivity contribution is 5.87. The average molecular weight is 350 g/mol. The topological polar surface area (TPSA) is 74.5 Å². The standard InChI is InChI=1S/C20H18N2O4/c1-14-7-3-4-8-15(14)11-12-19(23)25-13-18-21-20(22-26-18)16-9-5-6-10-17(16)24-2/h3-12H,13H2,1-2H3/b12-11+. The molecule has 0 atom stereocenters. The van der Waals surface area contributed by atoms with E-state index in [0.29, 0.717) is 17.1 Å². The van der Waals surface area contributed by atoms with Gasteiger partial charge in [0, 0.05) is 6.08 Å². The van der Waals surface area contributed by atoms with Gasteiger partial charge in [-0.1, -0.05) is 41.6 Å². The lowest BCUT2D eigenvalue weighted by atomic mass is 10.1. The minimum absolute atomic E-state index is 0.0981. The fourth-order valence-electron chi connectivity index (χ4n) is 2.36. The van der Waals surface area contributed by atoms with E-state index in [1.54, 1.807) is 13.2 Å². The average Bonchev–Trinajstić information content (AvgIpc) is 3.14. The Morgan fingerprint density at radius 1 is 1.15 bits per heavy atom. The van der Waals surface area contributed by atoms with Gasteiger partial charge in [0.1, 0.15) is 5.75 Å². The number of aryl methyl sites for hydroxylation is 1. The fourth-order valence-corrected chi connectivity index (χ4v) is 2.36. The van der Waals surface area contributed by atoms with Gasteiger partial charge in [-0.25, -0.2) is 4.79 Å². The summed E-state index contributed by atoms with van der Waals surface area (Å²) < 4.78 is 15.5. The van der Waals surface area contributed by atoms with Crippen molar-refractivity contribution in [1.82, 2.24) is 10.1 Å². The van der Waals surface area contributed by atoms with E-state index < -0.39 is 5.97 Å². The van der Waals surface area contributed by atoms with Crippen molar-refractivity contribution in [2.45, 2.75) is 13.5 Å². The molecule has 0 N–H and O–H groups in total. The van der Waals surface area contributed by atoms with E-state index in [9.17, 15) is 4.79 Å². The van der Waals surface area contributed by atoms with Gasteiger partial charge in [-0.15, -0.1) is 0 Å². The molecule has 1 aromatic heterocycles. The first-order valence-electron chi connectivity index (χ1n) is 8.04. The number of carbonyl (C=O) groups excluding carboxylic acids is 1. The molecule has 0 saturated heterocycles. The third-order valence-electron chi connectivity index (χ3n) is 3.74. The maximum Gasteiger partial charge on any atom is 0.331 e. The maximum absolute atomic E-state index is 11.9. The molecule has 6 heteroatoms. The van der Waals surface area contributed by atoms with Gasteiger partial charge >= 0.3 is 5.97 Å². The lowest BCUT2D eigenvalue weighted by molar-refractivity contribution is -0.139. The van der Waals surface area contributed by atoms with Gasteiger partial charge in [-0.2, -0.15) is 4.98 Å². The van der Waals surface area contributed by atoms with Crippen molar-refractivity contribution in [2.75, 3.05) is 7.11 Å². The summed E-state index contributed by atoms with van der Waals surface area (Å²) in [5, 5.41) is 3.90. The number of benzene rings is 2. The third kappa shape index (κ3) is 4.16. The summed E-state index contributed by atoms with van der Waals surface area (Å²) in [5.74, 6) is 0.746. The van der Waals surface area contributed by atoms with E-state index >= 15 is 0 Å². The molecule has 26 heavy (non-hydrogen) atoms. The van der Waals surface area contributed by atoms with Crippen molar-refractivity contribution in [2.24, 2.45) is 0 Å². The first kappa shape index (κ1) is 17.4. The number of methoxy groups -OCH3 is 1. The summed E-state index contributed by atoms with van der Waals surface area (Å²) >= 11 is 0. The Balaban J connectivity index is 1.61. The Kier molecular flexibility index (Phi) is 5.43. The van der Waals surface area contributed by atoms with Crippen LogP contribution in [0.2, 0.25) is 0 Å². The molecule has 132 valence electrons. The van der Waals surface area contributed by atoms with Crippen LogP contribution >= 0.6 is 0 Å². The second kappa shape index (κ2) is 8.11. The number of hydrogen-bond donors (Lipinski definition) is 0. The summed E-state index contributed by atoms with van der Waals surface area (Å²) in [6.07, 6.45) is 3.09. The summed E-state index contributed by atoms with van der Waals surface area (Å²) in [6.45, 7) is 1.88. The number of carbonyl (C=O) groups is 1. The van der Waals surface area contributed by atoms with E-state index in [4.69, 9.17) is 14.0 Å². The highest BCUT2D eigenvalue weighted by Crippen LogP contribution is 2.27. The van der Waals surface area contributed by atoms with Crippen LogP contribution in [-0.2, 0) is 16.1 Å². The SMILES string of the molecule is COc1ccccc1-c1noc(COC(=O)/C=C/c2ccccc2C)n1. The molecule has 1 heterocycles. The van der Waals surface area contributed by atoms with E-state index in [-0.39, 0.29) is 12.5 Å². The zero-order valence-electron chi connectivity index (χ0n) is 14.5. The Morgan fingerprint density at radius 3 is 2.73 bits per heavy atom. The molecule has 0 spiro atoms. The molecule has 0 amide bonds. The number of ether oxygens (including phenoxy) is 2. The van der Waals surface area contributed by atoms with Gasteiger partial charge in [0.15, 0.2) is 6.61 Å². The van der Waals surface area contributed by atoms with Crippen LogP contribution in [0.1, 0.15) is 17.0 Å². The van der Waals surface area contributed by atoms with E-state index in [2.05, 4.69) is 10.1 Å². The molecule has 0 saturated carbocycles. The summed E-state index contributed by atoms with van der Waals surface area (Å²) in [4.78, 5) is 16.1. The summed E-state index contributed by atoms with van der Waals surface area (Å²) in [5.41, 5.74) is 2.74. The quantitative estimate of drug-likeness (QED) is 0.497. The van der Waals surface area contributed by atoms with Crippen LogP contribution < -0.4 is 4.74 Å². The van der Waals surface area contributed by atoms with Gasteiger partial charge in [-0.3, -0.25) is 0 Å². The van der Waals surface area contributed by atoms with Gasteiger partial charge in [-0.05, 0) is 36.3 Å². The molecule has 2 aromatic carbocycles. The van der Waals surface area contributed by atoms with Crippen molar-refractivity contribution >= 4 is 12.0 Å². The number of hydrogen-bond acceptors (Lipinski definition) is 6. The molecule has 3 aromatic rings. The zero-order chi connectivity index (χ0) is 18.4. The number of nitrogens with zero attached hydrogens (tertiary/aromatic N) is 2. The molecule has 3 rings (SSSR count). The lowest BCUT2D eigenvalue weighted by Gasteiger charge is -2.03. The predicted molar refractivity (Wildman–Crippen MR) is 96.3 cm³/mol. The Hall–Kier alpha value is -3.41. The highest BCUT2D eigenvalue weighted by Gasteiger charge is 2.13. The number of esters is 1. The van der Waals surface area contributed by atoms with Crippen LogP contribution in [0.3, 0.4) is 0 Å². The molecule has 0 unspecified atom stereocenters. The minimum atomic E-state index is -0.481. The molecule has 0 aliphatic carbocycles. The van der Waals surface area contributed by atoms with Gasteiger partial charge < -0.3 is 14.0 Å².